The molecule has 0 bridgehead atoms. The summed E-state index contributed by atoms with van der Waals surface area (Å²) in [4.78, 5) is 29.4. The second-order valence-corrected chi connectivity index (χ2v) is 6.31. The molecule has 142 valence electrons. The number of benzene rings is 1. The largest absolute Gasteiger partial charge is 0.481 e. The molecule has 27 heavy (non-hydrogen) atoms. The fraction of sp³-hybridized carbons (Fsp3) is 0.316. The third kappa shape index (κ3) is 4.87. The number of aryl methyl sites for hydroxylation is 1. The number of hydrogen-bond donors (Lipinski definition) is 3. The molecule has 0 aliphatic carbocycles. The molecule has 0 saturated heterocycles. The summed E-state index contributed by atoms with van der Waals surface area (Å²) in [6.45, 7) is 3.24. The number of aromatic nitrogens is 1. The minimum atomic E-state index is -0.288. The molecule has 3 rings (SSSR count). The van der Waals surface area contributed by atoms with Crippen LogP contribution >= 0.6 is 0 Å². The topological polar surface area (TPSA) is 95.6 Å². The highest BCUT2D eigenvalue weighted by molar-refractivity contribution is 5.98. The average molecular weight is 369 g/mol. The summed E-state index contributed by atoms with van der Waals surface area (Å²) in [5.74, 6) is 1.29. The van der Waals surface area contributed by atoms with Gasteiger partial charge in [0, 0.05) is 38.1 Å². The van der Waals surface area contributed by atoms with Crippen LogP contribution in [0.2, 0.25) is 0 Å². The number of amides is 3. The average Bonchev–Trinajstić information content (AvgIpc) is 2.66. The van der Waals surface area contributed by atoms with Gasteiger partial charge in [0.25, 0.3) is 5.91 Å². The van der Waals surface area contributed by atoms with E-state index in [4.69, 9.17) is 4.74 Å². The van der Waals surface area contributed by atoms with Gasteiger partial charge in [-0.15, -0.1) is 0 Å². The van der Waals surface area contributed by atoms with E-state index < -0.39 is 0 Å². The normalized spacial score (nSPS) is 12.8. The fourth-order valence-corrected chi connectivity index (χ4v) is 2.61. The molecule has 1 aliphatic heterocycles. The highest BCUT2D eigenvalue weighted by atomic mass is 16.5. The maximum atomic E-state index is 12.0. The second kappa shape index (κ2) is 8.39. The Kier molecular flexibility index (Phi) is 5.75. The summed E-state index contributed by atoms with van der Waals surface area (Å²) in [7, 11) is 1.70. The monoisotopic (exact) mass is 369 g/mol. The van der Waals surface area contributed by atoms with Crippen LogP contribution in [0.15, 0.2) is 36.5 Å². The molecule has 2 heterocycles. The number of pyridine rings is 1. The van der Waals surface area contributed by atoms with Gasteiger partial charge < -0.3 is 25.6 Å². The lowest BCUT2D eigenvalue weighted by Gasteiger charge is -2.26. The smallest absolute Gasteiger partial charge is 0.319 e. The first kappa shape index (κ1) is 18.5. The Balaban J connectivity index is 1.40. The lowest BCUT2D eigenvalue weighted by atomic mass is 10.2. The number of carbonyl (C=O) groups is 2. The van der Waals surface area contributed by atoms with Crippen molar-refractivity contribution in [3.63, 3.8) is 0 Å². The Morgan fingerprint density at radius 3 is 2.89 bits per heavy atom. The summed E-state index contributed by atoms with van der Waals surface area (Å²) in [5.41, 5.74) is 2.41. The maximum absolute atomic E-state index is 12.0. The van der Waals surface area contributed by atoms with Gasteiger partial charge in [-0.05, 0) is 37.1 Å². The number of rotatable bonds is 6. The molecule has 2 aromatic rings. The second-order valence-electron chi connectivity index (χ2n) is 6.31. The van der Waals surface area contributed by atoms with Gasteiger partial charge in [-0.1, -0.05) is 6.07 Å². The predicted molar refractivity (Wildman–Crippen MR) is 104 cm³/mol. The first-order valence-corrected chi connectivity index (χ1v) is 8.78. The van der Waals surface area contributed by atoms with E-state index in [9.17, 15) is 9.59 Å². The van der Waals surface area contributed by atoms with Crippen LogP contribution in [0.5, 0.6) is 5.75 Å². The first-order chi connectivity index (χ1) is 13.0. The van der Waals surface area contributed by atoms with Crippen molar-refractivity contribution >= 4 is 29.1 Å². The Labute approximate surface area is 157 Å². The fourth-order valence-electron chi connectivity index (χ4n) is 2.61. The molecule has 8 nitrogen and oxygen atoms in total. The highest BCUT2D eigenvalue weighted by Crippen LogP contribution is 2.33. The SMILES string of the molecule is Cc1ccc(NCCCNC(=O)Nc2ccc3c(c2)OCC(=O)N3C)nc1. The van der Waals surface area contributed by atoms with Crippen molar-refractivity contribution < 1.29 is 14.3 Å². The Hall–Kier alpha value is -3.29. The number of ether oxygens (including phenoxy) is 1. The molecule has 0 spiro atoms. The van der Waals surface area contributed by atoms with E-state index in [1.807, 2.05) is 25.3 Å². The molecule has 3 amide bonds. The predicted octanol–water partition coefficient (Wildman–Crippen LogP) is 2.37. The summed E-state index contributed by atoms with van der Waals surface area (Å²) in [6.07, 6.45) is 2.58. The molecule has 1 aromatic carbocycles. The van der Waals surface area contributed by atoms with Crippen LogP contribution in [0.1, 0.15) is 12.0 Å². The van der Waals surface area contributed by atoms with Crippen molar-refractivity contribution in [2.24, 2.45) is 0 Å². The standard InChI is InChI=1S/C19H23N5O3/c1-13-4-7-17(22-11-13)20-8-3-9-21-19(26)23-14-5-6-15-16(10-14)27-12-18(25)24(15)2/h4-7,10-11H,3,8-9,12H2,1-2H3,(H,20,22)(H2,21,23,26). The summed E-state index contributed by atoms with van der Waals surface area (Å²) >= 11 is 0. The van der Waals surface area contributed by atoms with Gasteiger partial charge in [0.15, 0.2) is 6.61 Å². The number of fused-ring (bicyclic) bond motifs is 1. The van der Waals surface area contributed by atoms with E-state index in [2.05, 4.69) is 20.9 Å². The maximum Gasteiger partial charge on any atom is 0.319 e. The number of likely N-dealkylation sites (N-methyl/N-ethyl adjacent to an activating group) is 1. The van der Waals surface area contributed by atoms with E-state index in [0.717, 1.165) is 17.8 Å². The van der Waals surface area contributed by atoms with Crippen LogP contribution in [0.3, 0.4) is 0 Å². The minimum Gasteiger partial charge on any atom is -0.481 e. The van der Waals surface area contributed by atoms with E-state index in [-0.39, 0.29) is 18.5 Å². The van der Waals surface area contributed by atoms with Gasteiger partial charge in [-0.3, -0.25) is 4.79 Å². The van der Waals surface area contributed by atoms with Gasteiger partial charge in [-0.2, -0.15) is 0 Å². The zero-order valence-electron chi connectivity index (χ0n) is 15.4. The van der Waals surface area contributed by atoms with Crippen molar-refractivity contribution in [2.75, 3.05) is 42.3 Å². The number of carbonyl (C=O) groups excluding carboxylic acids is 2. The Morgan fingerprint density at radius 1 is 1.26 bits per heavy atom. The van der Waals surface area contributed by atoms with Crippen molar-refractivity contribution in [1.29, 1.82) is 0 Å². The van der Waals surface area contributed by atoms with Crippen molar-refractivity contribution in [1.82, 2.24) is 10.3 Å². The Bertz CT molecular complexity index is 823. The first-order valence-electron chi connectivity index (χ1n) is 8.78. The molecule has 0 saturated carbocycles. The summed E-state index contributed by atoms with van der Waals surface area (Å²) in [6, 6.07) is 8.84. The summed E-state index contributed by atoms with van der Waals surface area (Å²) < 4.78 is 5.41. The van der Waals surface area contributed by atoms with Crippen LogP contribution in [-0.4, -0.2) is 43.7 Å². The molecule has 0 unspecified atom stereocenters. The number of anilines is 3. The van der Waals surface area contributed by atoms with Crippen molar-refractivity contribution in [3.8, 4) is 5.75 Å². The van der Waals surface area contributed by atoms with Crippen LogP contribution in [0.25, 0.3) is 0 Å². The van der Waals surface area contributed by atoms with Crippen molar-refractivity contribution in [2.45, 2.75) is 13.3 Å². The summed E-state index contributed by atoms with van der Waals surface area (Å²) in [5, 5.41) is 8.78. The molecular weight excluding hydrogens is 346 g/mol. The van der Waals surface area contributed by atoms with Crippen LogP contribution in [0.4, 0.5) is 22.0 Å². The van der Waals surface area contributed by atoms with E-state index >= 15 is 0 Å². The van der Waals surface area contributed by atoms with E-state index in [1.165, 1.54) is 0 Å². The van der Waals surface area contributed by atoms with Gasteiger partial charge in [0.05, 0.1) is 5.69 Å². The lowest BCUT2D eigenvalue weighted by molar-refractivity contribution is -0.120. The number of hydrogen-bond acceptors (Lipinski definition) is 5. The quantitative estimate of drug-likeness (QED) is 0.680. The van der Waals surface area contributed by atoms with Crippen LogP contribution < -0.4 is 25.6 Å². The van der Waals surface area contributed by atoms with Crippen LogP contribution in [-0.2, 0) is 4.79 Å². The van der Waals surface area contributed by atoms with Gasteiger partial charge in [0.1, 0.15) is 11.6 Å². The highest BCUT2D eigenvalue weighted by Gasteiger charge is 2.22. The van der Waals surface area contributed by atoms with E-state index in [1.54, 1.807) is 30.1 Å². The molecule has 1 aromatic heterocycles. The number of nitrogens with zero attached hydrogens (tertiary/aromatic N) is 2. The minimum absolute atomic E-state index is 0.00197. The number of urea groups is 1. The van der Waals surface area contributed by atoms with Crippen molar-refractivity contribution in [3.05, 3.63) is 42.1 Å². The molecule has 3 N–H and O–H groups in total. The molecule has 1 aliphatic rings. The molecule has 8 heteroatoms. The molecule has 0 radical (unpaired) electrons. The molecule has 0 fully saturated rings. The van der Waals surface area contributed by atoms with Gasteiger partial charge in [0.2, 0.25) is 0 Å². The Morgan fingerprint density at radius 2 is 2.11 bits per heavy atom. The van der Waals surface area contributed by atoms with Crippen LogP contribution in [0, 0.1) is 6.92 Å². The van der Waals surface area contributed by atoms with Gasteiger partial charge >= 0.3 is 6.03 Å². The van der Waals surface area contributed by atoms with Gasteiger partial charge in [-0.25, -0.2) is 9.78 Å². The zero-order chi connectivity index (χ0) is 19.2. The molecular formula is C19H23N5O3. The number of nitrogens with one attached hydrogen (secondary N) is 3. The lowest BCUT2D eigenvalue weighted by Crippen LogP contribution is -2.35. The van der Waals surface area contributed by atoms with E-state index in [0.29, 0.717) is 30.2 Å². The molecule has 0 atom stereocenters. The third-order valence-electron chi connectivity index (χ3n) is 4.16. The third-order valence-corrected chi connectivity index (χ3v) is 4.16. The zero-order valence-corrected chi connectivity index (χ0v) is 15.4.